The molecule has 0 aromatic rings. The molecule has 0 unspecified atom stereocenters. The summed E-state index contributed by atoms with van der Waals surface area (Å²) < 4.78 is 0. The van der Waals surface area contributed by atoms with Gasteiger partial charge in [0.05, 0.1) is 0 Å². The summed E-state index contributed by atoms with van der Waals surface area (Å²) in [6, 6.07) is 0. The molecule has 0 aliphatic rings. The van der Waals surface area contributed by atoms with E-state index < -0.39 is 23.9 Å². The normalized spacial score (nSPS) is 7.22. The minimum atomic E-state index is -0.833. The zero-order chi connectivity index (χ0) is 19.8. The Bertz CT molecular complexity index is 220. The summed E-state index contributed by atoms with van der Waals surface area (Å²) in [7, 11) is 0. The highest BCUT2D eigenvalue weighted by Crippen LogP contribution is 1.90. The van der Waals surface area contributed by atoms with E-state index in [0.717, 1.165) is 47.0 Å². The van der Waals surface area contributed by atoms with Gasteiger partial charge in [0.25, 0.3) is 23.9 Å². The lowest BCUT2D eigenvalue weighted by atomic mass is 10.2. The van der Waals surface area contributed by atoms with Crippen molar-refractivity contribution in [3.63, 3.8) is 0 Å². The van der Waals surface area contributed by atoms with E-state index in [-0.39, 0.29) is 13.2 Å². The lowest BCUT2D eigenvalue weighted by molar-refractivity contribution is -0.135. The fourth-order valence-electron chi connectivity index (χ4n) is 0.400. The van der Waals surface area contributed by atoms with Crippen LogP contribution in [0.1, 0.15) is 47.0 Å². The Balaban J connectivity index is -0.0000000604. The SMILES string of the molecule is CC(=O)O.CC(=O)O.CC(=O)O.CC(=O)O.OCCCCCO. The molecule has 6 N–H and O–H groups in total. The number of hydrogen-bond donors (Lipinski definition) is 6. The molecule has 0 fully saturated rings. The largest absolute Gasteiger partial charge is 0.481 e. The standard InChI is InChI=1S/C5H12O2.4C2H4O2/c6-4-2-1-3-5-7;4*1-2(3)4/h6-7H,1-5H2;4*1H3,(H,3,4). The number of unbranched alkanes of at least 4 members (excludes halogenated alkanes) is 2. The number of carbonyl (C=O) groups is 4. The third kappa shape index (κ3) is 1940. The predicted octanol–water partition coefficient (Wildman–Crippen LogP) is 0.505. The van der Waals surface area contributed by atoms with Crippen molar-refractivity contribution in [1.29, 1.82) is 0 Å². The highest BCUT2D eigenvalue weighted by Gasteiger charge is 1.81. The maximum Gasteiger partial charge on any atom is 0.300 e. The molecule has 0 amide bonds. The Hall–Kier alpha value is -2.20. The molecule has 23 heavy (non-hydrogen) atoms. The van der Waals surface area contributed by atoms with Gasteiger partial charge in [-0.25, -0.2) is 0 Å². The Morgan fingerprint density at radius 2 is 0.652 bits per heavy atom. The molecule has 0 atom stereocenters. The lowest BCUT2D eigenvalue weighted by Crippen LogP contribution is -1.85. The van der Waals surface area contributed by atoms with Gasteiger partial charge in [-0.3, -0.25) is 19.2 Å². The van der Waals surface area contributed by atoms with Crippen LogP contribution in [-0.2, 0) is 19.2 Å². The zero-order valence-corrected chi connectivity index (χ0v) is 13.9. The van der Waals surface area contributed by atoms with Crippen LogP contribution in [0.2, 0.25) is 0 Å². The third-order valence-corrected chi connectivity index (χ3v) is 0.816. The van der Waals surface area contributed by atoms with Crippen LogP contribution in [0.4, 0.5) is 0 Å². The number of hydrogen-bond acceptors (Lipinski definition) is 6. The van der Waals surface area contributed by atoms with E-state index in [2.05, 4.69) is 0 Å². The summed E-state index contributed by atoms with van der Waals surface area (Å²) in [6.45, 7) is 4.83. The highest BCUT2D eigenvalue weighted by atomic mass is 16.4. The van der Waals surface area contributed by atoms with E-state index in [9.17, 15) is 0 Å². The van der Waals surface area contributed by atoms with E-state index >= 15 is 0 Å². The van der Waals surface area contributed by atoms with E-state index in [1.165, 1.54) is 0 Å². The van der Waals surface area contributed by atoms with Crippen molar-refractivity contribution in [3.8, 4) is 0 Å². The molecule has 0 bridgehead atoms. The second kappa shape index (κ2) is 31.9. The molecule has 0 rings (SSSR count). The second-order valence-electron chi connectivity index (χ2n) is 3.58. The molecule has 0 heterocycles. The molecular weight excluding hydrogens is 316 g/mol. The van der Waals surface area contributed by atoms with Gasteiger partial charge in [-0.15, -0.1) is 0 Å². The number of aliphatic hydroxyl groups is 2. The van der Waals surface area contributed by atoms with Crippen LogP contribution in [0.3, 0.4) is 0 Å². The van der Waals surface area contributed by atoms with Crippen LogP contribution in [-0.4, -0.2) is 67.7 Å². The van der Waals surface area contributed by atoms with Crippen LogP contribution < -0.4 is 0 Å². The monoisotopic (exact) mass is 344 g/mol. The van der Waals surface area contributed by atoms with Gasteiger partial charge in [-0.2, -0.15) is 0 Å². The first-order valence-corrected chi connectivity index (χ1v) is 6.34. The van der Waals surface area contributed by atoms with Gasteiger partial charge in [-0.05, 0) is 19.3 Å². The van der Waals surface area contributed by atoms with E-state index in [1.807, 2.05) is 0 Å². The summed E-state index contributed by atoms with van der Waals surface area (Å²) in [5.41, 5.74) is 0. The van der Waals surface area contributed by atoms with Crippen LogP contribution in [0.5, 0.6) is 0 Å². The minimum absolute atomic E-state index is 0.250. The lowest BCUT2D eigenvalue weighted by Gasteiger charge is -1.90. The average Bonchev–Trinajstić information content (AvgIpc) is 2.26. The first-order valence-electron chi connectivity index (χ1n) is 6.34. The molecule has 0 radical (unpaired) electrons. The average molecular weight is 344 g/mol. The van der Waals surface area contributed by atoms with Crippen molar-refractivity contribution >= 4 is 23.9 Å². The van der Waals surface area contributed by atoms with Crippen LogP contribution in [0.25, 0.3) is 0 Å². The van der Waals surface area contributed by atoms with Gasteiger partial charge in [0, 0.05) is 40.9 Å². The second-order valence-corrected chi connectivity index (χ2v) is 3.58. The molecule has 0 aliphatic heterocycles. The smallest absolute Gasteiger partial charge is 0.300 e. The van der Waals surface area contributed by atoms with E-state index in [0.29, 0.717) is 0 Å². The van der Waals surface area contributed by atoms with Crippen LogP contribution >= 0.6 is 0 Å². The van der Waals surface area contributed by atoms with Crippen molar-refractivity contribution in [2.24, 2.45) is 0 Å². The summed E-state index contributed by atoms with van der Waals surface area (Å²) in [4.78, 5) is 36.0. The number of aliphatic carboxylic acids is 4. The maximum absolute atomic E-state index is 9.00. The van der Waals surface area contributed by atoms with Gasteiger partial charge in [0.1, 0.15) is 0 Å². The molecule has 10 heteroatoms. The van der Waals surface area contributed by atoms with Gasteiger partial charge in [-0.1, -0.05) is 0 Å². The topological polar surface area (TPSA) is 190 Å². The Morgan fingerprint density at radius 1 is 0.522 bits per heavy atom. The first kappa shape index (κ1) is 32.7. The molecular formula is C13H28O10. The van der Waals surface area contributed by atoms with Gasteiger partial charge < -0.3 is 30.6 Å². The third-order valence-electron chi connectivity index (χ3n) is 0.816. The molecule has 0 aliphatic carbocycles. The molecule has 0 saturated heterocycles. The summed E-state index contributed by atoms with van der Waals surface area (Å²) in [6.07, 6.45) is 2.58. The molecule has 0 saturated carbocycles. The van der Waals surface area contributed by atoms with Crippen molar-refractivity contribution < 1.29 is 49.8 Å². The van der Waals surface area contributed by atoms with Crippen LogP contribution in [0.15, 0.2) is 0 Å². The van der Waals surface area contributed by atoms with Crippen molar-refractivity contribution in [2.75, 3.05) is 13.2 Å². The van der Waals surface area contributed by atoms with E-state index in [1.54, 1.807) is 0 Å². The highest BCUT2D eigenvalue weighted by molar-refractivity contribution is 5.63. The van der Waals surface area contributed by atoms with Crippen molar-refractivity contribution in [3.05, 3.63) is 0 Å². The summed E-state index contributed by atoms with van der Waals surface area (Å²) >= 11 is 0. The predicted molar refractivity (Wildman–Crippen MR) is 81.3 cm³/mol. The molecule has 0 aromatic heterocycles. The molecule has 10 nitrogen and oxygen atoms in total. The summed E-state index contributed by atoms with van der Waals surface area (Å²) in [5.74, 6) is -3.33. The number of rotatable bonds is 4. The van der Waals surface area contributed by atoms with Crippen LogP contribution in [0, 0.1) is 0 Å². The molecule has 0 aromatic carbocycles. The molecule has 140 valence electrons. The van der Waals surface area contributed by atoms with Crippen molar-refractivity contribution in [2.45, 2.75) is 47.0 Å². The minimum Gasteiger partial charge on any atom is -0.481 e. The summed E-state index contributed by atoms with van der Waals surface area (Å²) in [5, 5.41) is 46.1. The first-order chi connectivity index (χ1) is 10.3. The van der Waals surface area contributed by atoms with Gasteiger partial charge in [0.2, 0.25) is 0 Å². The van der Waals surface area contributed by atoms with Gasteiger partial charge >= 0.3 is 0 Å². The number of carboxylic acids is 4. The molecule has 0 spiro atoms. The van der Waals surface area contributed by atoms with Crippen molar-refractivity contribution in [1.82, 2.24) is 0 Å². The Kier molecular flexibility index (Phi) is 45.4. The number of aliphatic hydroxyl groups excluding tert-OH is 2. The van der Waals surface area contributed by atoms with E-state index in [4.69, 9.17) is 49.8 Å². The Morgan fingerprint density at radius 3 is 0.739 bits per heavy atom. The fraction of sp³-hybridized carbons (Fsp3) is 0.692. The maximum atomic E-state index is 9.00. The number of carboxylic acid groups (broad SMARTS) is 4. The fourth-order valence-corrected chi connectivity index (χ4v) is 0.400. The van der Waals surface area contributed by atoms with Gasteiger partial charge in [0.15, 0.2) is 0 Å². The quantitative estimate of drug-likeness (QED) is 0.391. The Labute approximate surface area is 135 Å². The zero-order valence-electron chi connectivity index (χ0n) is 13.9.